The van der Waals surface area contributed by atoms with Crippen molar-refractivity contribution in [1.29, 1.82) is 0 Å². The van der Waals surface area contributed by atoms with Gasteiger partial charge in [-0.05, 0) is 25.5 Å². The molecule has 0 aromatic heterocycles. The van der Waals surface area contributed by atoms with Gasteiger partial charge in [0, 0.05) is 19.0 Å². The molecule has 1 unspecified atom stereocenters. The van der Waals surface area contributed by atoms with Gasteiger partial charge in [-0.25, -0.2) is 13.1 Å². The number of unbranched alkanes of at least 4 members (excludes halogenated alkanes) is 2. The fraction of sp³-hybridized carbons (Fsp3) is 0.562. The molecular formula is C16H25ClN2O3S. The van der Waals surface area contributed by atoms with Crippen LogP contribution in [0.3, 0.4) is 0 Å². The van der Waals surface area contributed by atoms with Crippen LogP contribution in [0.2, 0.25) is 5.02 Å². The van der Waals surface area contributed by atoms with Gasteiger partial charge in [0.05, 0.1) is 5.02 Å². The summed E-state index contributed by atoms with van der Waals surface area (Å²) in [5.74, 6) is -0.157. The lowest BCUT2D eigenvalue weighted by molar-refractivity contribution is -0.121. The topological polar surface area (TPSA) is 75.3 Å². The summed E-state index contributed by atoms with van der Waals surface area (Å²) in [6.45, 7) is 4.14. The highest BCUT2D eigenvalue weighted by Crippen LogP contribution is 2.19. The van der Waals surface area contributed by atoms with Crippen molar-refractivity contribution in [1.82, 2.24) is 10.0 Å². The summed E-state index contributed by atoms with van der Waals surface area (Å²) in [5, 5.41) is 3.04. The molecule has 0 fully saturated rings. The van der Waals surface area contributed by atoms with E-state index in [2.05, 4.69) is 17.0 Å². The Balaban J connectivity index is 2.38. The molecule has 2 N–H and O–H groups in total. The highest BCUT2D eigenvalue weighted by atomic mass is 35.5. The molecule has 1 amide bonds. The molecule has 1 aromatic carbocycles. The third kappa shape index (κ3) is 7.33. The molecule has 5 nitrogen and oxygen atoms in total. The van der Waals surface area contributed by atoms with Crippen LogP contribution in [0.15, 0.2) is 29.2 Å². The van der Waals surface area contributed by atoms with Crippen molar-refractivity contribution in [2.75, 3.05) is 6.54 Å². The van der Waals surface area contributed by atoms with Gasteiger partial charge in [0.2, 0.25) is 15.9 Å². The maximum atomic E-state index is 12.1. The van der Waals surface area contributed by atoms with Gasteiger partial charge < -0.3 is 5.32 Å². The minimum Gasteiger partial charge on any atom is -0.354 e. The van der Waals surface area contributed by atoms with E-state index in [9.17, 15) is 13.2 Å². The number of carbonyl (C=O) groups excluding carboxylic acids is 1. The van der Waals surface area contributed by atoms with Crippen LogP contribution in [0.5, 0.6) is 0 Å². The maximum absolute atomic E-state index is 12.1. The number of carbonyl (C=O) groups is 1. The number of amides is 1. The molecule has 1 aromatic rings. The molecule has 0 aliphatic carbocycles. The first-order valence-corrected chi connectivity index (χ1v) is 9.76. The number of nitrogens with one attached hydrogen (secondary N) is 2. The standard InChI is InChI=1S/C16H25ClN2O3S/c1-3-4-5-8-13(2)19-16(20)11-12-18-23(21,22)15-10-7-6-9-14(15)17/h6-7,9-10,13,18H,3-5,8,11-12H2,1-2H3,(H,19,20). The van der Waals surface area contributed by atoms with Crippen LogP contribution in [0.1, 0.15) is 46.0 Å². The molecule has 1 atom stereocenters. The minimum absolute atomic E-state index is 0.0232. The van der Waals surface area contributed by atoms with Crippen LogP contribution in [0, 0.1) is 0 Å². The van der Waals surface area contributed by atoms with Gasteiger partial charge in [-0.3, -0.25) is 4.79 Å². The number of hydrogen-bond acceptors (Lipinski definition) is 3. The molecule has 0 bridgehead atoms. The Bertz CT molecular complexity index is 605. The average molecular weight is 361 g/mol. The second-order valence-electron chi connectivity index (χ2n) is 5.54. The van der Waals surface area contributed by atoms with Crippen molar-refractivity contribution in [3.63, 3.8) is 0 Å². The fourth-order valence-electron chi connectivity index (χ4n) is 2.16. The SMILES string of the molecule is CCCCCC(C)NC(=O)CCNS(=O)(=O)c1ccccc1Cl. The normalized spacial score (nSPS) is 12.8. The molecule has 130 valence electrons. The lowest BCUT2D eigenvalue weighted by Gasteiger charge is -2.14. The molecule has 0 aliphatic rings. The third-order valence-corrected chi connectivity index (χ3v) is 5.38. The second kappa shape index (κ2) is 9.90. The van der Waals surface area contributed by atoms with E-state index in [1.165, 1.54) is 12.1 Å². The first-order valence-electron chi connectivity index (χ1n) is 7.90. The number of hydrogen-bond donors (Lipinski definition) is 2. The summed E-state index contributed by atoms with van der Waals surface area (Å²) in [7, 11) is -3.69. The first-order chi connectivity index (χ1) is 10.9. The Labute approximate surface area is 143 Å². The summed E-state index contributed by atoms with van der Waals surface area (Å²) in [6, 6.07) is 6.32. The number of benzene rings is 1. The molecule has 0 saturated heterocycles. The number of sulfonamides is 1. The zero-order valence-electron chi connectivity index (χ0n) is 13.6. The van der Waals surface area contributed by atoms with Crippen molar-refractivity contribution in [2.24, 2.45) is 0 Å². The lowest BCUT2D eigenvalue weighted by atomic mass is 10.1. The van der Waals surface area contributed by atoms with Gasteiger partial charge in [-0.2, -0.15) is 0 Å². The molecule has 0 heterocycles. The Hall–Kier alpha value is -1.11. The van der Waals surface area contributed by atoms with Gasteiger partial charge in [0.15, 0.2) is 0 Å². The van der Waals surface area contributed by atoms with Crippen molar-refractivity contribution in [2.45, 2.75) is 56.9 Å². The molecule has 23 heavy (non-hydrogen) atoms. The first kappa shape index (κ1) is 19.9. The van der Waals surface area contributed by atoms with E-state index in [1.807, 2.05) is 6.92 Å². The zero-order valence-corrected chi connectivity index (χ0v) is 15.2. The molecule has 0 aliphatic heterocycles. The quantitative estimate of drug-likeness (QED) is 0.629. The Morgan fingerprint density at radius 1 is 1.26 bits per heavy atom. The highest BCUT2D eigenvalue weighted by molar-refractivity contribution is 7.89. The van der Waals surface area contributed by atoms with Crippen molar-refractivity contribution < 1.29 is 13.2 Å². The van der Waals surface area contributed by atoms with Crippen molar-refractivity contribution >= 4 is 27.5 Å². The van der Waals surface area contributed by atoms with E-state index in [0.29, 0.717) is 0 Å². The monoisotopic (exact) mass is 360 g/mol. The average Bonchev–Trinajstić information content (AvgIpc) is 2.47. The van der Waals surface area contributed by atoms with Crippen LogP contribution in [0.25, 0.3) is 0 Å². The Kier molecular flexibility index (Phi) is 8.58. The minimum atomic E-state index is -3.69. The maximum Gasteiger partial charge on any atom is 0.242 e. The third-order valence-electron chi connectivity index (χ3n) is 3.42. The summed E-state index contributed by atoms with van der Waals surface area (Å²) in [6.07, 6.45) is 4.41. The van der Waals surface area contributed by atoms with Crippen LogP contribution in [-0.4, -0.2) is 26.9 Å². The molecule has 0 spiro atoms. The summed E-state index contributed by atoms with van der Waals surface area (Å²) < 4.78 is 26.6. The van der Waals surface area contributed by atoms with Gasteiger partial charge >= 0.3 is 0 Å². The van der Waals surface area contributed by atoms with Crippen molar-refractivity contribution in [3.8, 4) is 0 Å². The van der Waals surface area contributed by atoms with Crippen LogP contribution < -0.4 is 10.0 Å². The lowest BCUT2D eigenvalue weighted by Crippen LogP contribution is -2.35. The second-order valence-corrected chi connectivity index (χ2v) is 7.69. The predicted molar refractivity (Wildman–Crippen MR) is 93.0 cm³/mol. The van der Waals surface area contributed by atoms with Crippen molar-refractivity contribution in [3.05, 3.63) is 29.3 Å². The summed E-state index contributed by atoms with van der Waals surface area (Å²) in [5.41, 5.74) is 0. The molecule has 0 radical (unpaired) electrons. The van der Waals surface area contributed by atoms with E-state index in [4.69, 9.17) is 11.6 Å². The van der Waals surface area contributed by atoms with E-state index in [0.717, 1.165) is 25.7 Å². The van der Waals surface area contributed by atoms with Crippen LogP contribution >= 0.6 is 11.6 Å². The fourth-order valence-corrected chi connectivity index (χ4v) is 3.71. The zero-order chi connectivity index (χ0) is 17.3. The molecule has 0 saturated carbocycles. The highest BCUT2D eigenvalue weighted by Gasteiger charge is 2.17. The van der Waals surface area contributed by atoms with Gasteiger partial charge in [-0.1, -0.05) is 49.9 Å². The Morgan fingerprint density at radius 3 is 2.61 bits per heavy atom. The van der Waals surface area contributed by atoms with Gasteiger partial charge in [0.25, 0.3) is 0 Å². The van der Waals surface area contributed by atoms with Gasteiger partial charge in [0.1, 0.15) is 4.90 Å². The molecular weight excluding hydrogens is 336 g/mol. The van der Waals surface area contributed by atoms with Crippen LogP contribution in [-0.2, 0) is 14.8 Å². The summed E-state index contributed by atoms with van der Waals surface area (Å²) in [4.78, 5) is 11.8. The molecule has 7 heteroatoms. The number of halogens is 1. The smallest absolute Gasteiger partial charge is 0.242 e. The number of rotatable bonds is 10. The van der Waals surface area contributed by atoms with E-state index in [-0.39, 0.29) is 34.8 Å². The summed E-state index contributed by atoms with van der Waals surface area (Å²) >= 11 is 5.88. The Morgan fingerprint density at radius 2 is 1.96 bits per heavy atom. The van der Waals surface area contributed by atoms with E-state index < -0.39 is 10.0 Å². The predicted octanol–water partition coefficient (Wildman–Crippen LogP) is 3.09. The van der Waals surface area contributed by atoms with E-state index >= 15 is 0 Å². The van der Waals surface area contributed by atoms with Gasteiger partial charge in [-0.15, -0.1) is 0 Å². The van der Waals surface area contributed by atoms with Crippen LogP contribution in [0.4, 0.5) is 0 Å². The molecule has 1 rings (SSSR count). The van der Waals surface area contributed by atoms with E-state index in [1.54, 1.807) is 12.1 Å². The largest absolute Gasteiger partial charge is 0.354 e.